The van der Waals surface area contributed by atoms with E-state index >= 15 is 0 Å². The van der Waals surface area contributed by atoms with Gasteiger partial charge < -0.3 is 11.1 Å². The van der Waals surface area contributed by atoms with Crippen molar-refractivity contribution >= 4 is 17.5 Å². The molecule has 3 N–H and O–H groups in total. The van der Waals surface area contributed by atoms with Gasteiger partial charge >= 0.3 is 0 Å². The van der Waals surface area contributed by atoms with Crippen LogP contribution in [0.15, 0.2) is 48.5 Å². The maximum atomic E-state index is 13.7. The van der Waals surface area contributed by atoms with Gasteiger partial charge in [-0.25, -0.2) is 4.39 Å². The first-order valence-corrected chi connectivity index (χ1v) is 7.42. The normalized spacial score (nSPS) is 11.6. The summed E-state index contributed by atoms with van der Waals surface area (Å²) in [6.07, 6.45) is -0.245. The van der Waals surface area contributed by atoms with E-state index in [9.17, 15) is 24.1 Å². The van der Waals surface area contributed by atoms with E-state index < -0.39 is 28.6 Å². The standard InChI is InChI=1S/C17H16FN3O4/c18-14-7-2-1-5-12(14)10-15(17(19)23)20-16(22)9-11-4-3-6-13(8-11)21(24)25/h1-8,15H,9-10H2,(H2,19,23)(H,20,22)/t15-/m0/s1. The van der Waals surface area contributed by atoms with Crippen LogP contribution in [0.5, 0.6) is 0 Å². The summed E-state index contributed by atoms with van der Waals surface area (Å²) in [5, 5.41) is 13.2. The summed E-state index contributed by atoms with van der Waals surface area (Å²) in [6, 6.07) is 10.4. The van der Waals surface area contributed by atoms with Crippen molar-refractivity contribution in [3.05, 3.63) is 75.6 Å². The zero-order valence-corrected chi connectivity index (χ0v) is 13.1. The summed E-state index contributed by atoms with van der Waals surface area (Å²) >= 11 is 0. The van der Waals surface area contributed by atoms with Crippen molar-refractivity contribution in [3.8, 4) is 0 Å². The van der Waals surface area contributed by atoms with Crippen LogP contribution in [0.3, 0.4) is 0 Å². The molecule has 2 amide bonds. The number of halogens is 1. The predicted octanol–water partition coefficient (Wildman–Crippen LogP) is 1.49. The fourth-order valence-electron chi connectivity index (χ4n) is 2.32. The zero-order valence-electron chi connectivity index (χ0n) is 13.1. The second-order valence-corrected chi connectivity index (χ2v) is 5.42. The van der Waals surface area contributed by atoms with E-state index in [1.807, 2.05) is 0 Å². The number of nitrogens with zero attached hydrogens (tertiary/aromatic N) is 1. The van der Waals surface area contributed by atoms with Crippen molar-refractivity contribution in [2.75, 3.05) is 0 Å². The van der Waals surface area contributed by atoms with Crippen LogP contribution in [-0.4, -0.2) is 22.8 Å². The van der Waals surface area contributed by atoms with Crippen LogP contribution < -0.4 is 11.1 Å². The van der Waals surface area contributed by atoms with E-state index in [4.69, 9.17) is 5.73 Å². The van der Waals surface area contributed by atoms with Crippen LogP contribution in [0, 0.1) is 15.9 Å². The second kappa shape index (κ2) is 8.00. The molecule has 0 radical (unpaired) electrons. The van der Waals surface area contributed by atoms with Gasteiger partial charge in [-0.15, -0.1) is 0 Å². The fraction of sp³-hybridized carbons (Fsp3) is 0.176. The van der Waals surface area contributed by atoms with E-state index in [0.29, 0.717) is 5.56 Å². The molecule has 25 heavy (non-hydrogen) atoms. The third-order valence-corrected chi connectivity index (χ3v) is 3.55. The lowest BCUT2D eigenvalue weighted by Gasteiger charge is -2.16. The number of carbonyl (C=O) groups is 2. The summed E-state index contributed by atoms with van der Waals surface area (Å²) < 4.78 is 13.7. The summed E-state index contributed by atoms with van der Waals surface area (Å²) in [5.74, 6) is -1.84. The number of primary amides is 1. The molecule has 8 heteroatoms. The summed E-state index contributed by atoms with van der Waals surface area (Å²) in [5.41, 5.74) is 5.81. The van der Waals surface area contributed by atoms with Gasteiger partial charge in [0, 0.05) is 18.6 Å². The van der Waals surface area contributed by atoms with Crippen molar-refractivity contribution in [2.45, 2.75) is 18.9 Å². The van der Waals surface area contributed by atoms with E-state index in [1.165, 1.54) is 36.4 Å². The van der Waals surface area contributed by atoms with E-state index in [-0.39, 0.29) is 24.1 Å². The molecule has 0 bridgehead atoms. The minimum absolute atomic E-state index is 0.0807. The third kappa shape index (κ3) is 5.10. The molecule has 0 spiro atoms. The quantitative estimate of drug-likeness (QED) is 0.584. The van der Waals surface area contributed by atoms with Gasteiger partial charge in [0.05, 0.1) is 11.3 Å². The predicted molar refractivity (Wildman–Crippen MR) is 88.0 cm³/mol. The smallest absolute Gasteiger partial charge is 0.269 e. The van der Waals surface area contributed by atoms with Gasteiger partial charge in [0.1, 0.15) is 11.9 Å². The molecule has 0 aliphatic heterocycles. The molecule has 0 unspecified atom stereocenters. The van der Waals surface area contributed by atoms with Crippen LogP contribution in [-0.2, 0) is 22.4 Å². The summed E-state index contributed by atoms with van der Waals surface area (Å²) in [4.78, 5) is 33.8. The highest BCUT2D eigenvalue weighted by Crippen LogP contribution is 2.14. The SMILES string of the molecule is NC(=O)[C@H](Cc1ccccc1F)NC(=O)Cc1cccc([N+](=O)[O-])c1. The van der Waals surface area contributed by atoms with Gasteiger partial charge in [-0.05, 0) is 17.2 Å². The number of carbonyl (C=O) groups excluding carboxylic acids is 2. The average molecular weight is 345 g/mol. The molecular weight excluding hydrogens is 329 g/mol. The van der Waals surface area contributed by atoms with Crippen molar-refractivity contribution in [1.82, 2.24) is 5.32 Å². The van der Waals surface area contributed by atoms with Gasteiger partial charge in [-0.3, -0.25) is 19.7 Å². The Morgan fingerprint density at radius 1 is 1.20 bits per heavy atom. The highest BCUT2D eigenvalue weighted by molar-refractivity contribution is 5.87. The Bertz CT molecular complexity index is 810. The van der Waals surface area contributed by atoms with Crippen LogP contribution in [0.25, 0.3) is 0 Å². The number of non-ortho nitro benzene ring substituents is 1. The molecule has 0 aliphatic carbocycles. The highest BCUT2D eigenvalue weighted by atomic mass is 19.1. The number of nitro groups is 1. The molecule has 0 fully saturated rings. The Hall–Kier alpha value is -3.29. The number of nitrogens with one attached hydrogen (secondary N) is 1. The fourth-order valence-corrected chi connectivity index (χ4v) is 2.32. The van der Waals surface area contributed by atoms with E-state index in [2.05, 4.69) is 5.32 Å². The molecule has 2 aromatic carbocycles. The number of benzene rings is 2. The molecule has 0 saturated carbocycles. The van der Waals surface area contributed by atoms with Crippen LogP contribution in [0.4, 0.5) is 10.1 Å². The van der Waals surface area contributed by atoms with Gasteiger partial charge in [-0.1, -0.05) is 30.3 Å². The van der Waals surface area contributed by atoms with E-state index in [0.717, 1.165) is 0 Å². The second-order valence-electron chi connectivity index (χ2n) is 5.42. The van der Waals surface area contributed by atoms with Crippen molar-refractivity contribution in [2.24, 2.45) is 5.73 Å². The van der Waals surface area contributed by atoms with Gasteiger partial charge in [0.25, 0.3) is 5.69 Å². The van der Waals surface area contributed by atoms with Crippen molar-refractivity contribution in [1.29, 1.82) is 0 Å². The third-order valence-electron chi connectivity index (χ3n) is 3.55. The number of nitro benzene ring substituents is 1. The summed E-state index contributed by atoms with van der Waals surface area (Å²) in [7, 11) is 0. The van der Waals surface area contributed by atoms with E-state index in [1.54, 1.807) is 12.1 Å². The Balaban J connectivity index is 2.05. The van der Waals surface area contributed by atoms with Gasteiger partial charge in [0.15, 0.2) is 0 Å². The number of amides is 2. The molecular formula is C17H16FN3O4. The zero-order chi connectivity index (χ0) is 18.4. The Morgan fingerprint density at radius 2 is 1.92 bits per heavy atom. The molecule has 130 valence electrons. The van der Waals surface area contributed by atoms with Crippen molar-refractivity contribution in [3.63, 3.8) is 0 Å². The minimum Gasteiger partial charge on any atom is -0.368 e. The van der Waals surface area contributed by atoms with Crippen LogP contribution in [0.2, 0.25) is 0 Å². The topological polar surface area (TPSA) is 115 Å². The number of nitrogens with two attached hydrogens (primary N) is 1. The largest absolute Gasteiger partial charge is 0.368 e. The molecule has 0 saturated heterocycles. The number of hydrogen-bond donors (Lipinski definition) is 2. The molecule has 2 rings (SSSR count). The molecule has 2 aromatic rings. The first-order chi connectivity index (χ1) is 11.9. The lowest BCUT2D eigenvalue weighted by molar-refractivity contribution is -0.384. The lowest BCUT2D eigenvalue weighted by atomic mass is 10.0. The minimum atomic E-state index is -1.08. The Labute approximate surface area is 142 Å². The van der Waals surface area contributed by atoms with Crippen LogP contribution >= 0.6 is 0 Å². The monoisotopic (exact) mass is 345 g/mol. The number of hydrogen-bond acceptors (Lipinski definition) is 4. The molecule has 7 nitrogen and oxygen atoms in total. The maximum Gasteiger partial charge on any atom is 0.269 e. The first-order valence-electron chi connectivity index (χ1n) is 7.42. The van der Waals surface area contributed by atoms with Crippen LogP contribution in [0.1, 0.15) is 11.1 Å². The lowest BCUT2D eigenvalue weighted by Crippen LogP contribution is -2.46. The maximum absolute atomic E-state index is 13.7. The average Bonchev–Trinajstić information content (AvgIpc) is 2.56. The number of rotatable bonds is 7. The molecule has 0 heterocycles. The molecule has 0 aliphatic rings. The molecule has 0 aromatic heterocycles. The van der Waals surface area contributed by atoms with Gasteiger partial charge in [-0.2, -0.15) is 0 Å². The Morgan fingerprint density at radius 3 is 2.56 bits per heavy atom. The molecule has 1 atom stereocenters. The highest BCUT2D eigenvalue weighted by Gasteiger charge is 2.20. The summed E-state index contributed by atoms with van der Waals surface area (Å²) in [6.45, 7) is 0. The Kier molecular flexibility index (Phi) is 5.78. The first kappa shape index (κ1) is 18.1. The van der Waals surface area contributed by atoms with Gasteiger partial charge in [0.2, 0.25) is 11.8 Å². The van der Waals surface area contributed by atoms with Crippen molar-refractivity contribution < 1.29 is 18.9 Å².